The predicted molar refractivity (Wildman–Crippen MR) is 93.8 cm³/mol. The van der Waals surface area contributed by atoms with Gasteiger partial charge < -0.3 is 20.7 Å². The lowest BCUT2D eigenvalue weighted by atomic mass is 10.1. The van der Waals surface area contributed by atoms with Crippen molar-refractivity contribution in [1.82, 2.24) is 10.2 Å². The number of ether oxygens (including phenoxy) is 1. The van der Waals surface area contributed by atoms with E-state index in [9.17, 15) is 18.4 Å². The molecule has 27 heavy (non-hydrogen) atoms. The average molecular weight is 375 g/mol. The van der Waals surface area contributed by atoms with Crippen LogP contribution in [0.2, 0.25) is 0 Å². The molecule has 1 unspecified atom stereocenters. The summed E-state index contributed by atoms with van der Waals surface area (Å²) >= 11 is 0. The number of primary amides is 1. The van der Waals surface area contributed by atoms with E-state index in [0.29, 0.717) is 24.3 Å². The second kappa shape index (κ2) is 8.13. The van der Waals surface area contributed by atoms with Gasteiger partial charge in [-0.1, -0.05) is 18.2 Å². The summed E-state index contributed by atoms with van der Waals surface area (Å²) in [4.78, 5) is 25.1. The minimum absolute atomic E-state index is 0.180. The van der Waals surface area contributed by atoms with Crippen LogP contribution in [0.5, 0.6) is 0 Å². The van der Waals surface area contributed by atoms with Crippen molar-refractivity contribution >= 4 is 11.9 Å². The Morgan fingerprint density at radius 1 is 1.15 bits per heavy atom. The molecule has 6 nitrogen and oxygen atoms in total. The number of benzene rings is 2. The Balaban J connectivity index is 1.67. The van der Waals surface area contributed by atoms with Crippen molar-refractivity contribution in [3.05, 3.63) is 70.8 Å². The van der Waals surface area contributed by atoms with Crippen LogP contribution in [0.4, 0.5) is 13.6 Å². The molecule has 3 amide bonds. The number of nitrogens with one attached hydrogen (secondary N) is 1. The molecule has 0 bridgehead atoms. The Bertz CT molecular complexity index is 843. The van der Waals surface area contributed by atoms with Gasteiger partial charge in [0.05, 0.1) is 13.2 Å². The third-order valence-corrected chi connectivity index (χ3v) is 4.34. The maximum atomic E-state index is 13.5. The third-order valence-electron chi connectivity index (χ3n) is 4.34. The predicted octanol–water partition coefficient (Wildman–Crippen LogP) is 2.35. The third kappa shape index (κ3) is 4.59. The zero-order valence-electron chi connectivity index (χ0n) is 14.5. The zero-order chi connectivity index (χ0) is 19.4. The molecule has 0 radical (unpaired) electrons. The summed E-state index contributed by atoms with van der Waals surface area (Å²) in [6.07, 6.45) is -0.517. The van der Waals surface area contributed by atoms with Crippen LogP contribution in [0, 0.1) is 11.6 Å². The largest absolute Gasteiger partial charge is 0.370 e. The Kier molecular flexibility index (Phi) is 5.66. The molecule has 3 N–H and O–H groups in total. The number of nitrogens with two attached hydrogens (primary N) is 1. The average Bonchev–Trinajstić information content (AvgIpc) is 2.68. The van der Waals surface area contributed by atoms with Crippen molar-refractivity contribution in [3.63, 3.8) is 0 Å². The number of carbonyl (C=O) groups excluding carboxylic acids is 2. The first kappa shape index (κ1) is 18.8. The Hall–Kier alpha value is -3.00. The maximum Gasteiger partial charge on any atom is 0.312 e. The van der Waals surface area contributed by atoms with E-state index in [2.05, 4.69) is 5.32 Å². The fraction of sp³-hybridized carbons (Fsp3) is 0.263. The van der Waals surface area contributed by atoms with E-state index in [4.69, 9.17) is 10.5 Å². The number of nitrogens with zero attached hydrogens (tertiary/aromatic N) is 1. The van der Waals surface area contributed by atoms with Gasteiger partial charge in [0.2, 0.25) is 0 Å². The van der Waals surface area contributed by atoms with Crippen LogP contribution in [0.25, 0.3) is 0 Å². The van der Waals surface area contributed by atoms with Gasteiger partial charge in [-0.3, -0.25) is 4.79 Å². The molecular weight excluding hydrogens is 356 g/mol. The molecule has 1 aliphatic heterocycles. The number of rotatable bonds is 4. The highest BCUT2D eigenvalue weighted by molar-refractivity contribution is 5.94. The van der Waals surface area contributed by atoms with Crippen molar-refractivity contribution in [2.75, 3.05) is 19.7 Å². The number of morpholine rings is 1. The fourth-order valence-electron chi connectivity index (χ4n) is 2.88. The molecule has 0 spiro atoms. The molecular formula is C19H19F2N3O3. The van der Waals surface area contributed by atoms with Crippen LogP contribution < -0.4 is 11.1 Å². The highest BCUT2D eigenvalue weighted by Crippen LogP contribution is 2.24. The summed E-state index contributed by atoms with van der Waals surface area (Å²) in [6, 6.07) is 9.78. The number of halogens is 2. The van der Waals surface area contributed by atoms with Crippen molar-refractivity contribution in [1.29, 1.82) is 0 Å². The van der Waals surface area contributed by atoms with Crippen LogP contribution in [0.1, 0.15) is 27.6 Å². The lowest BCUT2D eigenvalue weighted by molar-refractivity contribution is -0.0229. The van der Waals surface area contributed by atoms with Gasteiger partial charge in [-0.15, -0.1) is 0 Å². The standard InChI is InChI=1S/C19H19F2N3O3/c20-15-6-5-14(9-16(15)21)17-11-24(7-8-27-17)18(25)13-3-1-12(2-4-13)10-23-19(22)26/h1-6,9,17H,7-8,10-11H2,(H3,22,23,26). The van der Waals surface area contributed by atoms with E-state index in [1.165, 1.54) is 6.07 Å². The van der Waals surface area contributed by atoms with Crippen molar-refractivity contribution < 1.29 is 23.1 Å². The SMILES string of the molecule is NC(=O)NCc1ccc(C(=O)N2CCOC(c3ccc(F)c(F)c3)C2)cc1. The molecule has 0 aromatic heterocycles. The zero-order valence-corrected chi connectivity index (χ0v) is 14.5. The lowest BCUT2D eigenvalue weighted by Gasteiger charge is -2.33. The first-order valence-electron chi connectivity index (χ1n) is 8.42. The molecule has 8 heteroatoms. The Labute approximate surface area is 154 Å². The lowest BCUT2D eigenvalue weighted by Crippen LogP contribution is -2.42. The number of amides is 3. The molecule has 0 saturated carbocycles. The monoisotopic (exact) mass is 375 g/mol. The van der Waals surface area contributed by atoms with Crippen molar-refractivity contribution in [2.45, 2.75) is 12.6 Å². The quantitative estimate of drug-likeness (QED) is 0.860. The van der Waals surface area contributed by atoms with E-state index in [1.807, 2.05) is 0 Å². The van der Waals surface area contributed by atoms with Gasteiger partial charge in [-0.25, -0.2) is 13.6 Å². The highest BCUT2D eigenvalue weighted by Gasteiger charge is 2.26. The van der Waals surface area contributed by atoms with E-state index in [1.54, 1.807) is 29.2 Å². The second-order valence-corrected chi connectivity index (χ2v) is 6.20. The molecule has 1 aliphatic rings. The smallest absolute Gasteiger partial charge is 0.312 e. The molecule has 1 atom stereocenters. The van der Waals surface area contributed by atoms with E-state index >= 15 is 0 Å². The van der Waals surface area contributed by atoms with Gasteiger partial charge in [0, 0.05) is 18.7 Å². The van der Waals surface area contributed by atoms with Crippen LogP contribution in [-0.2, 0) is 11.3 Å². The van der Waals surface area contributed by atoms with E-state index in [-0.39, 0.29) is 19.0 Å². The second-order valence-electron chi connectivity index (χ2n) is 6.20. The molecule has 0 aliphatic carbocycles. The molecule has 2 aromatic rings. The van der Waals surface area contributed by atoms with E-state index in [0.717, 1.165) is 17.7 Å². The Morgan fingerprint density at radius 2 is 1.89 bits per heavy atom. The minimum atomic E-state index is -0.945. The molecule has 1 fully saturated rings. The van der Waals surface area contributed by atoms with Gasteiger partial charge in [0.1, 0.15) is 6.10 Å². The van der Waals surface area contributed by atoms with Crippen LogP contribution in [0.3, 0.4) is 0 Å². The summed E-state index contributed by atoms with van der Waals surface area (Å²) in [5.74, 6) is -2.05. The molecule has 2 aromatic carbocycles. The van der Waals surface area contributed by atoms with Gasteiger partial charge in [0.25, 0.3) is 5.91 Å². The summed E-state index contributed by atoms with van der Waals surface area (Å²) in [5, 5.41) is 2.48. The van der Waals surface area contributed by atoms with Gasteiger partial charge in [-0.2, -0.15) is 0 Å². The maximum absolute atomic E-state index is 13.5. The molecule has 1 saturated heterocycles. The number of urea groups is 1. The summed E-state index contributed by atoms with van der Waals surface area (Å²) in [7, 11) is 0. The first-order chi connectivity index (χ1) is 12.9. The van der Waals surface area contributed by atoms with Gasteiger partial charge >= 0.3 is 6.03 Å². The van der Waals surface area contributed by atoms with Crippen molar-refractivity contribution in [2.24, 2.45) is 5.73 Å². The first-order valence-corrected chi connectivity index (χ1v) is 8.42. The highest BCUT2D eigenvalue weighted by atomic mass is 19.2. The van der Waals surface area contributed by atoms with Crippen LogP contribution >= 0.6 is 0 Å². The number of hydrogen-bond donors (Lipinski definition) is 2. The summed E-state index contributed by atoms with van der Waals surface area (Å²) in [6.45, 7) is 1.23. The fourth-order valence-corrected chi connectivity index (χ4v) is 2.88. The van der Waals surface area contributed by atoms with E-state index < -0.39 is 23.8 Å². The minimum Gasteiger partial charge on any atom is -0.370 e. The van der Waals surface area contributed by atoms with Crippen LogP contribution in [0.15, 0.2) is 42.5 Å². The molecule has 142 valence electrons. The molecule has 1 heterocycles. The van der Waals surface area contributed by atoms with Crippen molar-refractivity contribution in [3.8, 4) is 0 Å². The summed E-state index contributed by atoms with van der Waals surface area (Å²) in [5.41, 5.74) is 6.81. The van der Waals surface area contributed by atoms with Gasteiger partial charge in [0.15, 0.2) is 11.6 Å². The summed E-state index contributed by atoms with van der Waals surface area (Å²) < 4.78 is 32.2. The van der Waals surface area contributed by atoms with Gasteiger partial charge in [-0.05, 0) is 35.4 Å². The Morgan fingerprint density at radius 3 is 2.56 bits per heavy atom. The topological polar surface area (TPSA) is 84.7 Å². The molecule has 3 rings (SSSR count). The normalized spacial score (nSPS) is 16.8. The number of carbonyl (C=O) groups is 2. The van der Waals surface area contributed by atoms with Crippen LogP contribution in [-0.4, -0.2) is 36.5 Å². The number of hydrogen-bond acceptors (Lipinski definition) is 3.